The SMILES string of the molecule is CC(NCc1cccc(-c2ccc3c(c2)OCO3)c1)c1ccccc1. The molecule has 0 radical (unpaired) electrons. The molecule has 3 heteroatoms. The first-order valence-corrected chi connectivity index (χ1v) is 8.57. The minimum atomic E-state index is 0.306. The molecule has 1 aliphatic rings. The monoisotopic (exact) mass is 331 g/mol. The van der Waals surface area contributed by atoms with Gasteiger partial charge in [0.05, 0.1) is 0 Å². The predicted molar refractivity (Wildman–Crippen MR) is 99.7 cm³/mol. The molecule has 1 unspecified atom stereocenters. The first-order valence-electron chi connectivity index (χ1n) is 8.57. The molecule has 0 bridgehead atoms. The van der Waals surface area contributed by atoms with Crippen LogP contribution in [0.15, 0.2) is 72.8 Å². The number of hydrogen-bond donors (Lipinski definition) is 1. The van der Waals surface area contributed by atoms with E-state index < -0.39 is 0 Å². The summed E-state index contributed by atoms with van der Waals surface area (Å²) >= 11 is 0. The first-order chi connectivity index (χ1) is 12.3. The van der Waals surface area contributed by atoms with E-state index in [1.54, 1.807) is 0 Å². The maximum atomic E-state index is 5.48. The van der Waals surface area contributed by atoms with Crippen LogP contribution in [0.4, 0.5) is 0 Å². The highest BCUT2D eigenvalue weighted by Gasteiger charge is 2.14. The fraction of sp³-hybridized carbons (Fsp3) is 0.182. The lowest BCUT2D eigenvalue weighted by Crippen LogP contribution is -2.17. The summed E-state index contributed by atoms with van der Waals surface area (Å²) in [4.78, 5) is 0. The second kappa shape index (κ2) is 6.99. The number of fused-ring (bicyclic) bond motifs is 1. The lowest BCUT2D eigenvalue weighted by Gasteiger charge is -2.15. The van der Waals surface area contributed by atoms with Gasteiger partial charge < -0.3 is 14.8 Å². The van der Waals surface area contributed by atoms with Crippen LogP contribution in [0.5, 0.6) is 11.5 Å². The highest BCUT2D eigenvalue weighted by Crippen LogP contribution is 2.36. The number of nitrogens with one attached hydrogen (secondary N) is 1. The van der Waals surface area contributed by atoms with Crippen LogP contribution in [0.3, 0.4) is 0 Å². The highest BCUT2D eigenvalue weighted by molar-refractivity contribution is 5.68. The van der Waals surface area contributed by atoms with E-state index in [1.807, 2.05) is 18.2 Å². The minimum absolute atomic E-state index is 0.306. The van der Waals surface area contributed by atoms with Gasteiger partial charge in [-0.2, -0.15) is 0 Å². The van der Waals surface area contributed by atoms with Crippen molar-refractivity contribution in [2.24, 2.45) is 0 Å². The molecule has 0 spiro atoms. The van der Waals surface area contributed by atoms with Crippen LogP contribution in [-0.4, -0.2) is 6.79 Å². The maximum absolute atomic E-state index is 5.48. The third-order valence-electron chi connectivity index (χ3n) is 4.54. The number of ether oxygens (including phenoxy) is 2. The van der Waals surface area contributed by atoms with Gasteiger partial charge in [-0.15, -0.1) is 0 Å². The molecule has 4 rings (SSSR count). The van der Waals surface area contributed by atoms with Crippen molar-refractivity contribution in [3.63, 3.8) is 0 Å². The third-order valence-corrected chi connectivity index (χ3v) is 4.54. The summed E-state index contributed by atoms with van der Waals surface area (Å²) in [5, 5.41) is 3.59. The number of rotatable bonds is 5. The maximum Gasteiger partial charge on any atom is 0.231 e. The van der Waals surface area contributed by atoms with Crippen LogP contribution >= 0.6 is 0 Å². The molecule has 1 aliphatic heterocycles. The molecular formula is C22H21NO2. The van der Waals surface area contributed by atoms with E-state index in [4.69, 9.17) is 9.47 Å². The predicted octanol–water partition coefficient (Wildman–Crippen LogP) is 4.93. The van der Waals surface area contributed by atoms with Gasteiger partial charge in [-0.05, 0) is 47.4 Å². The van der Waals surface area contributed by atoms with Crippen molar-refractivity contribution in [2.45, 2.75) is 19.5 Å². The zero-order valence-corrected chi connectivity index (χ0v) is 14.2. The van der Waals surface area contributed by atoms with Gasteiger partial charge >= 0.3 is 0 Å². The molecule has 3 aromatic rings. The lowest BCUT2D eigenvalue weighted by atomic mass is 10.0. The zero-order chi connectivity index (χ0) is 17.1. The normalized spacial score (nSPS) is 13.6. The molecule has 0 amide bonds. The molecule has 1 N–H and O–H groups in total. The Balaban J connectivity index is 1.48. The zero-order valence-electron chi connectivity index (χ0n) is 14.2. The second-order valence-electron chi connectivity index (χ2n) is 6.28. The largest absolute Gasteiger partial charge is 0.454 e. The molecule has 0 saturated carbocycles. The Morgan fingerprint density at radius 3 is 2.52 bits per heavy atom. The summed E-state index contributed by atoms with van der Waals surface area (Å²) in [5.41, 5.74) is 4.89. The van der Waals surface area contributed by atoms with E-state index in [2.05, 4.69) is 66.8 Å². The van der Waals surface area contributed by atoms with Crippen molar-refractivity contribution >= 4 is 0 Å². The molecule has 126 valence electrons. The van der Waals surface area contributed by atoms with Gasteiger partial charge in [0.2, 0.25) is 6.79 Å². The topological polar surface area (TPSA) is 30.5 Å². The standard InChI is InChI=1S/C22H21NO2/c1-16(18-7-3-2-4-8-18)23-14-17-6-5-9-19(12-17)20-10-11-21-22(13-20)25-15-24-21/h2-13,16,23H,14-15H2,1H3. The molecule has 1 heterocycles. The molecule has 3 aromatic carbocycles. The van der Waals surface area contributed by atoms with Crippen molar-refractivity contribution in [2.75, 3.05) is 6.79 Å². The summed E-state index contributed by atoms with van der Waals surface area (Å²) in [6, 6.07) is 25.5. The Morgan fingerprint density at radius 1 is 0.840 bits per heavy atom. The summed E-state index contributed by atoms with van der Waals surface area (Å²) < 4.78 is 10.9. The van der Waals surface area contributed by atoms with Gasteiger partial charge in [0.15, 0.2) is 11.5 Å². The fourth-order valence-corrected chi connectivity index (χ4v) is 3.07. The van der Waals surface area contributed by atoms with Crippen LogP contribution in [0.25, 0.3) is 11.1 Å². The van der Waals surface area contributed by atoms with Crippen molar-refractivity contribution < 1.29 is 9.47 Å². The van der Waals surface area contributed by atoms with E-state index in [1.165, 1.54) is 16.7 Å². The van der Waals surface area contributed by atoms with Gasteiger partial charge in [-0.3, -0.25) is 0 Å². The smallest absolute Gasteiger partial charge is 0.231 e. The van der Waals surface area contributed by atoms with Crippen LogP contribution < -0.4 is 14.8 Å². The van der Waals surface area contributed by atoms with Gasteiger partial charge in [0, 0.05) is 12.6 Å². The third kappa shape index (κ3) is 3.52. The van der Waals surface area contributed by atoms with Gasteiger partial charge in [0.25, 0.3) is 0 Å². The van der Waals surface area contributed by atoms with Crippen LogP contribution in [-0.2, 0) is 6.54 Å². The average Bonchev–Trinajstić information content (AvgIpc) is 3.15. The van der Waals surface area contributed by atoms with Crippen molar-refractivity contribution in [3.05, 3.63) is 83.9 Å². The van der Waals surface area contributed by atoms with Gasteiger partial charge in [-0.25, -0.2) is 0 Å². The average molecular weight is 331 g/mol. The van der Waals surface area contributed by atoms with Crippen molar-refractivity contribution in [3.8, 4) is 22.6 Å². The summed E-state index contributed by atoms with van der Waals surface area (Å²) in [7, 11) is 0. The Hall–Kier alpha value is -2.78. The molecular weight excluding hydrogens is 310 g/mol. The summed E-state index contributed by atoms with van der Waals surface area (Å²) in [6.45, 7) is 3.32. The number of hydrogen-bond acceptors (Lipinski definition) is 3. The number of benzene rings is 3. The molecule has 0 aliphatic carbocycles. The van der Waals surface area contributed by atoms with E-state index in [9.17, 15) is 0 Å². The Morgan fingerprint density at radius 2 is 1.64 bits per heavy atom. The Labute approximate surface area is 148 Å². The van der Waals surface area contributed by atoms with E-state index in [0.717, 1.165) is 23.6 Å². The van der Waals surface area contributed by atoms with Gasteiger partial charge in [-0.1, -0.05) is 54.6 Å². The molecule has 0 aromatic heterocycles. The molecule has 25 heavy (non-hydrogen) atoms. The second-order valence-corrected chi connectivity index (χ2v) is 6.28. The summed E-state index contributed by atoms with van der Waals surface area (Å²) in [5.74, 6) is 1.64. The van der Waals surface area contributed by atoms with Gasteiger partial charge in [0.1, 0.15) is 0 Å². The molecule has 3 nitrogen and oxygen atoms in total. The van der Waals surface area contributed by atoms with Crippen molar-refractivity contribution in [1.82, 2.24) is 5.32 Å². The first kappa shape index (κ1) is 15.7. The Bertz CT molecular complexity index is 861. The van der Waals surface area contributed by atoms with Crippen LogP contribution in [0.2, 0.25) is 0 Å². The van der Waals surface area contributed by atoms with E-state index in [0.29, 0.717) is 12.8 Å². The molecule has 0 saturated heterocycles. The van der Waals surface area contributed by atoms with Crippen molar-refractivity contribution in [1.29, 1.82) is 0 Å². The van der Waals surface area contributed by atoms with E-state index in [-0.39, 0.29) is 0 Å². The fourth-order valence-electron chi connectivity index (χ4n) is 3.07. The van der Waals surface area contributed by atoms with Crippen LogP contribution in [0, 0.1) is 0 Å². The lowest BCUT2D eigenvalue weighted by molar-refractivity contribution is 0.174. The Kier molecular flexibility index (Phi) is 4.40. The van der Waals surface area contributed by atoms with Crippen LogP contribution in [0.1, 0.15) is 24.1 Å². The summed E-state index contributed by atoms with van der Waals surface area (Å²) in [6.07, 6.45) is 0. The quantitative estimate of drug-likeness (QED) is 0.719. The molecule has 1 atom stereocenters. The van der Waals surface area contributed by atoms with E-state index >= 15 is 0 Å². The highest BCUT2D eigenvalue weighted by atomic mass is 16.7. The molecule has 0 fully saturated rings. The minimum Gasteiger partial charge on any atom is -0.454 e.